The molecule has 0 aliphatic carbocycles. The van der Waals surface area contributed by atoms with E-state index in [0.717, 1.165) is 12.2 Å². The molecule has 1 aromatic carbocycles. The average molecular weight is 245 g/mol. The number of nitrogens with zero attached hydrogens (tertiary/aromatic N) is 2. The average Bonchev–Trinajstić information content (AvgIpc) is 2.42. The monoisotopic (exact) mass is 245 g/mol. The van der Waals surface area contributed by atoms with Crippen molar-refractivity contribution in [3.8, 4) is 0 Å². The summed E-state index contributed by atoms with van der Waals surface area (Å²) >= 11 is 0. The molecule has 2 rings (SSSR count). The highest BCUT2D eigenvalue weighted by Crippen LogP contribution is 2.18. The summed E-state index contributed by atoms with van der Waals surface area (Å²) in [7, 11) is 0. The molecule has 3 nitrogen and oxygen atoms in total. The van der Waals surface area contributed by atoms with Gasteiger partial charge in [-0.1, -0.05) is 25.1 Å². The minimum absolute atomic E-state index is 0.00917. The smallest absolute Gasteiger partial charge is 0.126 e. The van der Waals surface area contributed by atoms with Crippen molar-refractivity contribution in [2.24, 2.45) is 0 Å². The molecular weight excluding hydrogens is 229 g/mol. The predicted octanol–water partition coefficient (Wildman–Crippen LogP) is 2.51. The predicted molar refractivity (Wildman–Crippen MR) is 68.6 cm³/mol. The molecule has 1 aromatic heterocycles. The Hall–Kier alpha value is -1.81. The minimum atomic E-state index is -0.172. The van der Waals surface area contributed by atoms with E-state index in [9.17, 15) is 4.39 Å². The van der Waals surface area contributed by atoms with Gasteiger partial charge < -0.3 is 5.32 Å². The summed E-state index contributed by atoms with van der Waals surface area (Å²) in [5.41, 5.74) is 1.58. The summed E-state index contributed by atoms with van der Waals surface area (Å²) in [4.78, 5) is 8.13. The van der Waals surface area contributed by atoms with Crippen molar-refractivity contribution in [3.05, 3.63) is 59.9 Å². The molecular formula is C14H16FN3. The first kappa shape index (κ1) is 12.6. The number of hydrogen-bond acceptors (Lipinski definition) is 3. The van der Waals surface area contributed by atoms with Crippen LogP contribution >= 0.6 is 0 Å². The van der Waals surface area contributed by atoms with E-state index in [1.807, 2.05) is 19.1 Å². The number of rotatable bonds is 5. The molecule has 94 valence electrons. The van der Waals surface area contributed by atoms with Gasteiger partial charge in [0.15, 0.2) is 0 Å². The summed E-state index contributed by atoms with van der Waals surface area (Å²) in [5, 5.41) is 3.32. The second-order valence-electron chi connectivity index (χ2n) is 4.04. The van der Waals surface area contributed by atoms with Crippen LogP contribution in [0.3, 0.4) is 0 Å². The Labute approximate surface area is 106 Å². The Morgan fingerprint density at radius 2 is 2.11 bits per heavy atom. The number of likely N-dealkylation sites (N-methyl/N-ethyl adjacent to an activating group) is 1. The molecule has 0 saturated heterocycles. The van der Waals surface area contributed by atoms with Crippen molar-refractivity contribution in [3.63, 3.8) is 0 Å². The molecule has 0 bridgehead atoms. The molecule has 2 aromatic rings. The first-order chi connectivity index (χ1) is 8.81. The third-order valence-corrected chi connectivity index (χ3v) is 2.79. The largest absolute Gasteiger partial charge is 0.309 e. The fourth-order valence-corrected chi connectivity index (χ4v) is 1.92. The normalized spacial score (nSPS) is 12.3. The summed E-state index contributed by atoms with van der Waals surface area (Å²) < 4.78 is 13.6. The highest BCUT2D eigenvalue weighted by Gasteiger charge is 2.14. The van der Waals surface area contributed by atoms with E-state index in [-0.39, 0.29) is 11.9 Å². The Morgan fingerprint density at radius 1 is 1.28 bits per heavy atom. The molecule has 0 radical (unpaired) electrons. The van der Waals surface area contributed by atoms with Gasteiger partial charge in [0.05, 0.1) is 11.7 Å². The lowest BCUT2D eigenvalue weighted by Gasteiger charge is -2.17. The number of hydrogen-bond donors (Lipinski definition) is 1. The highest BCUT2D eigenvalue weighted by atomic mass is 19.1. The highest BCUT2D eigenvalue weighted by molar-refractivity contribution is 5.20. The van der Waals surface area contributed by atoms with Crippen LogP contribution in [-0.2, 0) is 6.42 Å². The summed E-state index contributed by atoms with van der Waals surface area (Å²) in [6.45, 7) is 2.83. The first-order valence-electron chi connectivity index (χ1n) is 6.04. The molecule has 18 heavy (non-hydrogen) atoms. The van der Waals surface area contributed by atoms with Crippen LogP contribution in [0.15, 0.2) is 42.9 Å². The molecule has 1 unspecified atom stereocenters. The molecule has 0 aliphatic rings. The molecule has 0 amide bonds. The zero-order chi connectivity index (χ0) is 12.8. The maximum absolute atomic E-state index is 13.6. The van der Waals surface area contributed by atoms with Gasteiger partial charge in [-0.15, -0.1) is 0 Å². The van der Waals surface area contributed by atoms with Gasteiger partial charge in [0.2, 0.25) is 0 Å². The maximum atomic E-state index is 13.6. The second-order valence-corrected chi connectivity index (χ2v) is 4.04. The zero-order valence-electron chi connectivity index (χ0n) is 10.3. The quantitative estimate of drug-likeness (QED) is 0.879. The van der Waals surface area contributed by atoms with E-state index in [2.05, 4.69) is 15.3 Å². The van der Waals surface area contributed by atoms with Crippen molar-refractivity contribution < 1.29 is 4.39 Å². The van der Waals surface area contributed by atoms with Gasteiger partial charge in [-0.05, 0) is 30.7 Å². The first-order valence-corrected chi connectivity index (χ1v) is 6.04. The topological polar surface area (TPSA) is 37.8 Å². The van der Waals surface area contributed by atoms with E-state index >= 15 is 0 Å². The van der Waals surface area contributed by atoms with Crippen molar-refractivity contribution in [2.75, 3.05) is 6.54 Å². The van der Waals surface area contributed by atoms with Crippen LogP contribution < -0.4 is 5.32 Å². The minimum Gasteiger partial charge on any atom is -0.309 e. The van der Waals surface area contributed by atoms with Crippen LogP contribution in [0.25, 0.3) is 0 Å². The zero-order valence-corrected chi connectivity index (χ0v) is 10.3. The Balaban J connectivity index is 2.19. The van der Waals surface area contributed by atoms with Gasteiger partial charge in [-0.2, -0.15) is 0 Å². The fourth-order valence-electron chi connectivity index (χ4n) is 1.92. The Kier molecular flexibility index (Phi) is 4.36. The van der Waals surface area contributed by atoms with Crippen LogP contribution in [0.5, 0.6) is 0 Å². The molecule has 0 aliphatic heterocycles. The standard InChI is InChI=1S/C14H16FN3/c1-2-17-14(13-7-8-16-10-18-13)9-11-5-3-4-6-12(11)15/h3-8,10,14,17H,2,9H2,1H3. The van der Waals surface area contributed by atoms with Crippen LogP contribution in [-0.4, -0.2) is 16.5 Å². The van der Waals surface area contributed by atoms with E-state index < -0.39 is 0 Å². The lowest BCUT2D eigenvalue weighted by molar-refractivity contribution is 0.517. The molecule has 0 spiro atoms. The fraction of sp³-hybridized carbons (Fsp3) is 0.286. The molecule has 1 heterocycles. The molecule has 1 N–H and O–H groups in total. The van der Waals surface area contributed by atoms with E-state index in [0.29, 0.717) is 12.0 Å². The number of nitrogens with one attached hydrogen (secondary N) is 1. The molecule has 0 fully saturated rings. The van der Waals surface area contributed by atoms with Gasteiger partial charge in [-0.3, -0.25) is 0 Å². The Bertz CT molecular complexity index is 487. The van der Waals surface area contributed by atoms with Crippen molar-refractivity contribution in [2.45, 2.75) is 19.4 Å². The Morgan fingerprint density at radius 3 is 2.78 bits per heavy atom. The van der Waals surface area contributed by atoms with Crippen molar-refractivity contribution in [1.82, 2.24) is 15.3 Å². The van der Waals surface area contributed by atoms with Crippen LogP contribution in [0, 0.1) is 5.82 Å². The third-order valence-electron chi connectivity index (χ3n) is 2.79. The number of aromatic nitrogens is 2. The molecule has 0 saturated carbocycles. The number of benzene rings is 1. The van der Waals surface area contributed by atoms with Gasteiger partial charge in [0, 0.05) is 6.20 Å². The summed E-state index contributed by atoms with van der Waals surface area (Å²) in [5.74, 6) is -0.172. The van der Waals surface area contributed by atoms with Crippen molar-refractivity contribution in [1.29, 1.82) is 0 Å². The third kappa shape index (κ3) is 3.11. The van der Waals surface area contributed by atoms with Crippen LogP contribution in [0.2, 0.25) is 0 Å². The van der Waals surface area contributed by atoms with Crippen LogP contribution in [0.4, 0.5) is 4.39 Å². The van der Waals surface area contributed by atoms with Crippen molar-refractivity contribution >= 4 is 0 Å². The van der Waals surface area contributed by atoms with Gasteiger partial charge in [0.1, 0.15) is 12.1 Å². The van der Waals surface area contributed by atoms with Gasteiger partial charge >= 0.3 is 0 Å². The van der Waals surface area contributed by atoms with E-state index in [1.54, 1.807) is 18.3 Å². The van der Waals surface area contributed by atoms with Gasteiger partial charge in [0.25, 0.3) is 0 Å². The molecule has 1 atom stereocenters. The molecule has 4 heteroatoms. The van der Waals surface area contributed by atoms with Gasteiger partial charge in [-0.25, -0.2) is 14.4 Å². The lowest BCUT2D eigenvalue weighted by Crippen LogP contribution is -2.24. The lowest BCUT2D eigenvalue weighted by atomic mass is 10.0. The summed E-state index contributed by atoms with van der Waals surface area (Å²) in [6.07, 6.45) is 3.80. The maximum Gasteiger partial charge on any atom is 0.126 e. The SMILES string of the molecule is CCNC(Cc1ccccc1F)c1ccncn1. The van der Waals surface area contributed by atoms with E-state index in [1.165, 1.54) is 12.4 Å². The van der Waals surface area contributed by atoms with Crippen LogP contribution in [0.1, 0.15) is 24.2 Å². The van der Waals surface area contributed by atoms with E-state index in [4.69, 9.17) is 0 Å². The number of halogens is 1. The summed E-state index contributed by atoms with van der Waals surface area (Å²) in [6, 6.07) is 8.70. The second kappa shape index (κ2) is 6.21.